The molecule has 0 aliphatic heterocycles. The second-order valence-electron chi connectivity index (χ2n) is 4.43. The summed E-state index contributed by atoms with van der Waals surface area (Å²) in [5.41, 5.74) is 1.63. The Balaban J connectivity index is 2.46. The van der Waals surface area contributed by atoms with Crippen molar-refractivity contribution in [3.63, 3.8) is 0 Å². The quantitative estimate of drug-likeness (QED) is 0.605. The van der Waals surface area contributed by atoms with Gasteiger partial charge in [0.05, 0.1) is 13.5 Å². The van der Waals surface area contributed by atoms with Crippen molar-refractivity contribution in [1.29, 1.82) is 0 Å². The van der Waals surface area contributed by atoms with Gasteiger partial charge in [0.25, 0.3) is 0 Å². The highest BCUT2D eigenvalue weighted by atomic mass is 16.5. The van der Waals surface area contributed by atoms with Gasteiger partial charge in [0, 0.05) is 25.5 Å². The molecule has 1 N–H and O–H groups in total. The minimum absolute atomic E-state index is 0.0559. The van der Waals surface area contributed by atoms with Crippen molar-refractivity contribution in [2.75, 3.05) is 13.7 Å². The Morgan fingerprint density at radius 2 is 1.75 bits per heavy atom. The summed E-state index contributed by atoms with van der Waals surface area (Å²) >= 11 is 0. The number of ether oxygens (including phenoxy) is 1. The Morgan fingerprint density at radius 1 is 1.10 bits per heavy atom. The molecule has 1 aromatic rings. The monoisotopic (exact) mass is 277 g/mol. The van der Waals surface area contributed by atoms with Gasteiger partial charge >= 0.3 is 5.97 Å². The Kier molecular flexibility index (Phi) is 6.43. The van der Waals surface area contributed by atoms with Crippen LogP contribution in [0.2, 0.25) is 0 Å². The van der Waals surface area contributed by atoms with Crippen molar-refractivity contribution in [2.45, 2.75) is 26.2 Å². The number of carbonyl (C=O) groups excluding carboxylic acids is 3. The molecule has 0 bridgehead atoms. The molecule has 1 amide bonds. The molecule has 0 radical (unpaired) electrons. The van der Waals surface area contributed by atoms with Crippen LogP contribution in [0.1, 0.15) is 35.7 Å². The van der Waals surface area contributed by atoms with Crippen LogP contribution in [0.25, 0.3) is 0 Å². The van der Waals surface area contributed by atoms with E-state index in [1.165, 1.54) is 14.0 Å². The molecule has 20 heavy (non-hydrogen) atoms. The zero-order chi connectivity index (χ0) is 15.0. The van der Waals surface area contributed by atoms with Crippen LogP contribution in [0.15, 0.2) is 24.3 Å². The Labute approximate surface area is 118 Å². The molecule has 0 atom stereocenters. The number of methoxy groups -OCH3 is 1. The first-order chi connectivity index (χ1) is 9.52. The fourth-order valence-corrected chi connectivity index (χ4v) is 1.70. The minimum atomic E-state index is -0.384. The lowest BCUT2D eigenvalue weighted by Gasteiger charge is -2.04. The van der Waals surface area contributed by atoms with Gasteiger partial charge in [-0.3, -0.25) is 14.4 Å². The molecule has 1 rings (SSSR count). The summed E-state index contributed by atoms with van der Waals surface area (Å²) in [5, 5.41) is 2.71. The number of amides is 1. The lowest BCUT2D eigenvalue weighted by atomic mass is 10.0. The summed E-state index contributed by atoms with van der Waals surface area (Å²) in [5.74, 6) is -0.520. The van der Waals surface area contributed by atoms with Gasteiger partial charge in [0.1, 0.15) is 0 Å². The molecule has 0 unspecified atom stereocenters. The van der Waals surface area contributed by atoms with E-state index in [0.29, 0.717) is 12.1 Å². The highest BCUT2D eigenvalue weighted by Gasteiger charge is 2.09. The average molecular weight is 277 g/mol. The van der Waals surface area contributed by atoms with Gasteiger partial charge in [0.2, 0.25) is 5.91 Å². The molecular formula is C15H19NO4. The Hall–Kier alpha value is -2.17. The maximum absolute atomic E-state index is 11.8. The summed E-state index contributed by atoms with van der Waals surface area (Å²) < 4.78 is 4.49. The van der Waals surface area contributed by atoms with Crippen molar-refractivity contribution >= 4 is 17.7 Å². The van der Waals surface area contributed by atoms with E-state index in [4.69, 9.17) is 0 Å². The standard InChI is InChI=1S/C15H19NO4/c1-11(17)16-10-9-12-3-5-13(6-4-12)14(18)7-8-15(19)20-2/h3-6H,7-10H2,1-2H3,(H,16,17). The number of rotatable bonds is 7. The van der Waals surface area contributed by atoms with E-state index in [1.807, 2.05) is 12.1 Å². The van der Waals surface area contributed by atoms with E-state index in [1.54, 1.807) is 12.1 Å². The average Bonchev–Trinajstić information content (AvgIpc) is 2.44. The molecule has 0 aliphatic carbocycles. The summed E-state index contributed by atoms with van der Waals surface area (Å²) in [4.78, 5) is 33.5. The third-order valence-corrected chi connectivity index (χ3v) is 2.85. The molecule has 0 spiro atoms. The van der Waals surface area contributed by atoms with Crippen molar-refractivity contribution in [2.24, 2.45) is 0 Å². The predicted molar refractivity (Wildman–Crippen MR) is 74.4 cm³/mol. The van der Waals surface area contributed by atoms with Crippen LogP contribution in [0.3, 0.4) is 0 Å². The largest absolute Gasteiger partial charge is 0.469 e. The summed E-state index contributed by atoms with van der Waals surface area (Å²) in [7, 11) is 1.30. The van der Waals surface area contributed by atoms with Crippen molar-refractivity contribution in [1.82, 2.24) is 5.32 Å². The molecule has 0 heterocycles. The van der Waals surface area contributed by atoms with E-state index in [0.717, 1.165) is 12.0 Å². The molecule has 5 heteroatoms. The molecule has 0 saturated carbocycles. The van der Waals surface area contributed by atoms with E-state index in [2.05, 4.69) is 10.1 Å². The maximum Gasteiger partial charge on any atom is 0.305 e. The predicted octanol–water partition coefficient (Wildman–Crippen LogP) is 1.50. The van der Waals surface area contributed by atoms with Crippen LogP contribution in [-0.2, 0) is 20.7 Å². The number of benzene rings is 1. The van der Waals surface area contributed by atoms with Gasteiger partial charge in [0.15, 0.2) is 5.78 Å². The second-order valence-corrected chi connectivity index (χ2v) is 4.43. The van der Waals surface area contributed by atoms with Crippen LogP contribution < -0.4 is 5.32 Å². The smallest absolute Gasteiger partial charge is 0.305 e. The van der Waals surface area contributed by atoms with Crippen LogP contribution in [0, 0.1) is 0 Å². The third kappa shape index (κ3) is 5.65. The molecule has 5 nitrogen and oxygen atoms in total. The summed E-state index contributed by atoms with van der Waals surface area (Å²) in [6.45, 7) is 2.05. The van der Waals surface area contributed by atoms with E-state index >= 15 is 0 Å². The molecule has 0 aromatic heterocycles. The summed E-state index contributed by atoms with van der Waals surface area (Å²) in [6.07, 6.45) is 0.966. The van der Waals surface area contributed by atoms with Gasteiger partial charge in [-0.05, 0) is 12.0 Å². The van der Waals surface area contributed by atoms with Gasteiger partial charge in [-0.2, -0.15) is 0 Å². The van der Waals surface area contributed by atoms with Gasteiger partial charge in [-0.25, -0.2) is 0 Å². The number of ketones is 1. The number of nitrogens with one attached hydrogen (secondary N) is 1. The highest BCUT2D eigenvalue weighted by Crippen LogP contribution is 2.09. The minimum Gasteiger partial charge on any atom is -0.469 e. The lowest BCUT2D eigenvalue weighted by molar-refractivity contribution is -0.140. The zero-order valence-electron chi connectivity index (χ0n) is 11.8. The first-order valence-electron chi connectivity index (χ1n) is 6.46. The topological polar surface area (TPSA) is 72.5 Å². The van der Waals surface area contributed by atoms with E-state index < -0.39 is 0 Å². The van der Waals surface area contributed by atoms with E-state index in [-0.39, 0.29) is 30.5 Å². The SMILES string of the molecule is COC(=O)CCC(=O)c1ccc(CCNC(C)=O)cc1. The summed E-state index contributed by atoms with van der Waals surface area (Å²) in [6, 6.07) is 7.19. The molecular weight excluding hydrogens is 258 g/mol. The van der Waals surface area contributed by atoms with Crippen LogP contribution >= 0.6 is 0 Å². The van der Waals surface area contributed by atoms with Gasteiger partial charge in [-0.1, -0.05) is 24.3 Å². The van der Waals surface area contributed by atoms with Crippen LogP contribution in [0.5, 0.6) is 0 Å². The number of hydrogen-bond acceptors (Lipinski definition) is 4. The van der Waals surface area contributed by atoms with Crippen LogP contribution in [-0.4, -0.2) is 31.3 Å². The lowest BCUT2D eigenvalue weighted by Crippen LogP contribution is -2.22. The Morgan fingerprint density at radius 3 is 2.30 bits per heavy atom. The van der Waals surface area contributed by atoms with Gasteiger partial charge in [-0.15, -0.1) is 0 Å². The molecule has 108 valence electrons. The number of hydrogen-bond donors (Lipinski definition) is 1. The highest BCUT2D eigenvalue weighted by molar-refractivity contribution is 5.97. The first-order valence-corrected chi connectivity index (χ1v) is 6.46. The molecule has 0 aliphatic rings. The van der Waals surface area contributed by atoms with Crippen LogP contribution in [0.4, 0.5) is 0 Å². The second kappa shape index (κ2) is 8.09. The fraction of sp³-hybridized carbons (Fsp3) is 0.400. The van der Waals surface area contributed by atoms with Gasteiger partial charge < -0.3 is 10.1 Å². The van der Waals surface area contributed by atoms with E-state index in [9.17, 15) is 14.4 Å². The number of esters is 1. The number of carbonyl (C=O) groups is 3. The zero-order valence-corrected chi connectivity index (χ0v) is 11.8. The molecule has 1 aromatic carbocycles. The normalized spacial score (nSPS) is 9.90. The Bertz CT molecular complexity index is 479. The number of Topliss-reactive ketones (excluding diaryl/α,β-unsaturated/α-hetero) is 1. The van der Waals surface area contributed by atoms with Crippen molar-refractivity contribution < 1.29 is 19.1 Å². The first kappa shape index (κ1) is 15.9. The maximum atomic E-state index is 11.8. The molecule has 0 saturated heterocycles. The molecule has 0 fully saturated rings. The van der Waals surface area contributed by atoms with Crippen molar-refractivity contribution in [3.05, 3.63) is 35.4 Å². The van der Waals surface area contributed by atoms with Crippen molar-refractivity contribution in [3.8, 4) is 0 Å². The third-order valence-electron chi connectivity index (χ3n) is 2.85. The fourth-order valence-electron chi connectivity index (χ4n) is 1.70.